The second-order valence-electron chi connectivity index (χ2n) is 6.01. The lowest BCUT2D eigenvalue weighted by atomic mass is 9.49. The minimum absolute atomic E-state index is 0.497. The van der Waals surface area contributed by atoms with E-state index >= 15 is 0 Å². The Morgan fingerprint density at radius 2 is 1.47 bits per heavy atom. The summed E-state index contributed by atoms with van der Waals surface area (Å²) in [5.74, 6) is 0. The van der Waals surface area contributed by atoms with Crippen molar-refractivity contribution in [1.29, 1.82) is 0 Å². The molecule has 0 rings (SSSR count). The summed E-state index contributed by atoms with van der Waals surface area (Å²) >= 11 is 0. The lowest BCUT2D eigenvalue weighted by Crippen LogP contribution is -2.31. The van der Waals surface area contributed by atoms with Crippen LogP contribution >= 0.6 is 0 Å². The Morgan fingerprint density at radius 1 is 0.867 bits per heavy atom. The van der Waals surface area contributed by atoms with Crippen LogP contribution in [0.3, 0.4) is 0 Å². The molecule has 0 aromatic carbocycles. The highest BCUT2D eigenvalue weighted by molar-refractivity contribution is 6.15. The van der Waals surface area contributed by atoms with Gasteiger partial charge in [-0.25, -0.2) is 0 Å². The quantitative estimate of drug-likeness (QED) is 0.406. The lowest BCUT2D eigenvalue weighted by molar-refractivity contribution is 0.193. The molecule has 0 saturated carbocycles. The van der Waals surface area contributed by atoms with E-state index in [1.807, 2.05) is 0 Å². The van der Waals surface area contributed by atoms with Crippen LogP contribution in [0.1, 0.15) is 79.6 Å². The Bertz CT molecular complexity index is 163. The third-order valence-electron chi connectivity index (χ3n) is 4.65. The molecule has 0 heterocycles. The average molecular weight is 210 g/mol. The molecule has 15 heavy (non-hydrogen) atoms. The number of unbranched alkanes of at least 4 members (excludes halogenated alkanes) is 2. The molecule has 0 aromatic heterocycles. The van der Waals surface area contributed by atoms with Crippen LogP contribution in [-0.4, -0.2) is 7.85 Å². The monoisotopic (exact) mass is 210 g/mol. The maximum atomic E-state index is 2.51. The highest BCUT2D eigenvalue weighted by Gasteiger charge is 2.37. The molecular formula is C14H31B. The van der Waals surface area contributed by atoms with Gasteiger partial charge < -0.3 is 0 Å². The van der Waals surface area contributed by atoms with Gasteiger partial charge in [-0.15, -0.1) is 0 Å². The molecule has 0 amide bonds. The summed E-state index contributed by atoms with van der Waals surface area (Å²) in [6.45, 7) is 11.9. The maximum absolute atomic E-state index is 2.51. The van der Waals surface area contributed by atoms with Crippen LogP contribution in [-0.2, 0) is 0 Å². The molecule has 90 valence electrons. The summed E-state index contributed by atoms with van der Waals surface area (Å²) in [6.07, 6.45) is 9.58. The van der Waals surface area contributed by atoms with Crippen molar-refractivity contribution >= 4 is 7.85 Å². The van der Waals surface area contributed by atoms with Gasteiger partial charge in [0.1, 0.15) is 7.85 Å². The van der Waals surface area contributed by atoms with Gasteiger partial charge in [-0.2, -0.15) is 0 Å². The van der Waals surface area contributed by atoms with Crippen LogP contribution in [0.5, 0.6) is 0 Å². The molecule has 0 N–H and O–H groups in total. The minimum atomic E-state index is 0.497. The largest absolute Gasteiger partial charge is 0.110 e. The first-order valence-electron chi connectivity index (χ1n) is 6.93. The molecular weight excluding hydrogens is 179 g/mol. The third kappa shape index (κ3) is 4.21. The zero-order valence-electron chi connectivity index (χ0n) is 11.9. The average Bonchev–Trinajstić information content (AvgIpc) is 2.18. The molecule has 0 aromatic rings. The number of hydrogen-bond acceptors (Lipinski definition) is 0. The van der Waals surface area contributed by atoms with Crippen LogP contribution in [0.15, 0.2) is 0 Å². The molecule has 0 bridgehead atoms. The van der Waals surface area contributed by atoms with E-state index in [-0.39, 0.29) is 0 Å². The van der Waals surface area contributed by atoms with Crippen molar-refractivity contribution in [1.82, 2.24) is 0 Å². The van der Waals surface area contributed by atoms with E-state index in [2.05, 4.69) is 42.5 Å². The molecule has 0 saturated heterocycles. The fourth-order valence-corrected chi connectivity index (χ4v) is 2.55. The third-order valence-corrected chi connectivity index (χ3v) is 4.65. The van der Waals surface area contributed by atoms with Gasteiger partial charge in [0.05, 0.1) is 0 Å². The highest BCUT2D eigenvalue weighted by atomic mass is 14.4. The van der Waals surface area contributed by atoms with E-state index in [0.29, 0.717) is 10.7 Å². The van der Waals surface area contributed by atoms with Gasteiger partial charge in [-0.05, 0) is 5.41 Å². The predicted molar refractivity (Wildman–Crippen MR) is 74.4 cm³/mol. The van der Waals surface area contributed by atoms with E-state index in [4.69, 9.17) is 0 Å². The first-order chi connectivity index (χ1) is 6.93. The second kappa shape index (κ2) is 6.61. The molecule has 1 heteroatoms. The summed E-state index contributed by atoms with van der Waals surface area (Å²) in [5.41, 5.74) is 0.497. The highest BCUT2D eigenvalue weighted by Crippen LogP contribution is 2.52. The predicted octanol–water partition coefficient (Wildman–Crippen LogP) is 4.59. The first kappa shape index (κ1) is 15.1. The molecule has 1 atom stereocenters. The number of hydrogen-bond donors (Lipinski definition) is 0. The van der Waals surface area contributed by atoms with E-state index in [1.165, 1.54) is 44.9 Å². The Balaban J connectivity index is 4.43. The zero-order chi connectivity index (χ0) is 11.9. The second-order valence-corrected chi connectivity index (χ2v) is 6.01. The van der Waals surface area contributed by atoms with Crippen molar-refractivity contribution in [3.8, 4) is 0 Å². The van der Waals surface area contributed by atoms with Crippen molar-refractivity contribution < 1.29 is 0 Å². The van der Waals surface area contributed by atoms with Crippen LogP contribution in [0.2, 0.25) is 5.31 Å². The van der Waals surface area contributed by atoms with Crippen molar-refractivity contribution in [3.05, 3.63) is 0 Å². The van der Waals surface area contributed by atoms with Gasteiger partial charge in [0, 0.05) is 0 Å². The summed E-state index contributed by atoms with van der Waals surface area (Å²) in [6, 6.07) is 0. The normalized spacial score (nSPS) is 16.3. The zero-order valence-corrected chi connectivity index (χ0v) is 11.9. The summed E-state index contributed by atoms with van der Waals surface area (Å²) < 4.78 is 0. The smallest absolute Gasteiger partial charge is 0.0654 e. The molecule has 0 aliphatic heterocycles. The maximum Gasteiger partial charge on any atom is 0.110 e. The number of rotatable bonds is 8. The van der Waals surface area contributed by atoms with Gasteiger partial charge in [-0.1, -0.05) is 84.9 Å². The van der Waals surface area contributed by atoms with Gasteiger partial charge in [0.25, 0.3) is 0 Å². The Morgan fingerprint density at radius 3 is 1.87 bits per heavy atom. The van der Waals surface area contributed by atoms with Crippen LogP contribution in [0, 0.1) is 5.41 Å². The molecule has 0 fully saturated rings. The summed E-state index contributed by atoms with van der Waals surface area (Å²) in [4.78, 5) is 0. The molecule has 0 radical (unpaired) electrons. The molecule has 0 nitrogen and oxygen atoms in total. The van der Waals surface area contributed by atoms with E-state index in [9.17, 15) is 0 Å². The van der Waals surface area contributed by atoms with Crippen LogP contribution in [0.25, 0.3) is 0 Å². The molecule has 0 aliphatic rings. The first-order valence-corrected chi connectivity index (χ1v) is 6.93. The van der Waals surface area contributed by atoms with Gasteiger partial charge in [-0.3, -0.25) is 0 Å². The summed E-state index contributed by atoms with van der Waals surface area (Å²) in [7, 11) is 2.51. The van der Waals surface area contributed by atoms with Crippen molar-refractivity contribution in [3.63, 3.8) is 0 Å². The fourth-order valence-electron chi connectivity index (χ4n) is 2.55. The molecule has 1 unspecified atom stereocenters. The van der Waals surface area contributed by atoms with Crippen LogP contribution < -0.4 is 0 Å². The van der Waals surface area contributed by atoms with E-state index in [0.717, 1.165) is 0 Å². The van der Waals surface area contributed by atoms with E-state index < -0.39 is 0 Å². The lowest BCUT2D eigenvalue weighted by Gasteiger charge is -2.45. The standard InChI is InChI=1S/C14H31B/c1-6-9-10-12-14(15,11-7-2)13(4,5)8-3/h6-12,15H2,1-5H3. The van der Waals surface area contributed by atoms with Crippen molar-refractivity contribution in [2.45, 2.75) is 84.9 Å². The molecule has 0 spiro atoms. The van der Waals surface area contributed by atoms with Gasteiger partial charge >= 0.3 is 0 Å². The topological polar surface area (TPSA) is 0 Å². The molecule has 0 aliphatic carbocycles. The van der Waals surface area contributed by atoms with Gasteiger partial charge in [0.15, 0.2) is 0 Å². The van der Waals surface area contributed by atoms with Crippen molar-refractivity contribution in [2.24, 2.45) is 5.41 Å². The Kier molecular flexibility index (Phi) is 6.63. The van der Waals surface area contributed by atoms with E-state index in [1.54, 1.807) is 0 Å². The minimum Gasteiger partial charge on any atom is -0.0654 e. The van der Waals surface area contributed by atoms with Crippen LogP contribution in [0.4, 0.5) is 0 Å². The SMILES string of the molecule is BC(CCC)(CCCCC)C(C)(C)CC. The fraction of sp³-hybridized carbons (Fsp3) is 1.00. The van der Waals surface area contributed by atoms with Crippen molar-refractivity contribution in [2.75, 3.05) is 0 Å². The Hall–Kier alpha value is 0.0649. The summed E-state index contributed by atoms with van der Waals surface area (Å²) in [5, 5.41) is 0.547. The van der Waals surface area contributed by atoms with Gasteiger partial charge in [0.2, 0.25) is 0 Å². The Labute approximate surface area is 98.6 Å².